The normalized spacial score (nSPS) is 11.1. The van der Waals surface area contributed by atoms with Gasteiger partial charge < -0.3 is 10.5 Å². The zero-order valence-electron chi connectivity index (χ0n) is 9.07. The second kappa shape index (κ2) is 5.05. The highest BCUT2D eigenvalue weighted by molar-refractivity contribution is 5.85. The Morgan fingerprint density at radius 1 is 1.29 bits per heavy atom. The van der Waals surface area contributed by atoms with Gasteiger partial charge in [0.05, 0.1) is 11.2 Å². The maximum absolute atomic E-state index is 12.1. The van der Waals surface area contributed by atoms with Crippen LogP contribution in [0.1, 0.15) is 5.69 Å². The molecule has 2 aromatic rings. The molecule has 17 heavy (non-hydrogen) atoms. The molecule has 0 amide bonds. The van der Waals surface area contributed by atoms with Crippen LogP contribution in [-0.2, 0) is 6.54 Å². The number of ether oxygens (including phenoxy) is 1. The highest BCUT2D eigenvalue weighted by Crippen LogP contribution is 2.25. The van der Waals surface area contributed by atoms with Crippen LogP contribution in [-0.4, -0.2) is 18.0 Å². The maximum Gasteiger partial charge on any atom is 0.272 e. The van der Waals surface area contributed by atoms with Gasteiger partial charge in [0, 0.05) is 18.0 Å². The van der Waals surface area contributed by atoms with Crippen LogP contribution in [0.5, 0.6) is 5.75 Å². The van der Waals surface area contributed by atoms with E-state index < -0.39 is 13.0 Å². The van der Waals surface area contributed by atoms with E-state index in [9.17, 15) is 8.78 Å². The van der Waals surface area contributed by atoms with E-state index in [4.69, 9.17) is 10.5 Å². The lowest BCUT2D eigenvalue weighted by Gasteiger charge is -2.10. The molecule has 5 heteroatoms. The standard InChI is InChI=1S/C12H12F2N2O/c13-12(14)7-17-11-5-8(6-15)16-10-4-2-1-3-9(10)11/h1-5,12H,6-7,15H2. The van der Waals surface area contributed by atoms with E-state index in [0.29, 0.717) is 22.3 Å². The minimum absolute atomic E-state index is 0.246. The number of nitrogens with zero attached hydrogens (tertiary/aromatic N) is 1. The number of halogens is 2. The van der Waals surface area contributed by atoms with Crippen LogP contribution in [0.3, 0.4) is 0 Å². The minimum atomic E-state index is -2.50. The SMILES string of the molecule is NCc1cc(OCC(F)F)c2ccccc2n1. The Labute approximate surface area is 97.2 Å². The van der Waals surface area contributed by atoms with Crippen molar-refractivity contribution in [2.75, 3.05) is 6.61 Å². The number of rotatable bonds is 4. The van der Waals surface area contributed by atoms with Gasteiger partial charge >= 0.3 is 0 Å². The number of para-hydroxylation sites is 1. The summed E-state index contributed by atoms with van der Waals surface area (Å²) >= 11 is 0. The minimum Gasteiger partial charge on any atom is -0.487 e. The van der Waals surface area contributed by atoms with Crippen molar-refractivity contribution < 1.29 is 13.5 Å². The zero-order chi connectivity index (χ0) is 12.3. The van der Waals surface area contributed by atoms with E-state index in [1.54, 1.807) is 24.3 Å². The number of alkyl halides is 2. The van der Waals surface area contributed by atoms with Gasteiger partial charge in [0.1, 0.15) is 12.4 Å². The van der Waals surface area contributed by atoms with Crippen molar-refractivity contribution >= 4 is 10.9 Å². The molecule has 90 valence electrons. The first kappa shape index (κ1) is 11.7. The van der Waals surface area contributed by atoms with E-state index in [2.05, 4.69) is 4.98 Å². The Balaban J connectivity index is 2.43. The van der Waals surface area contributed by atoms with Crippen molar-refractivity contribution in [2.24, 2.45) is 5.73 Å². The van der Waals surface area contributed by atoms with Crippen molar-refractivity contribution in [1.29, 1.82) is 0 Å². The third-order valence-electron chi connectivity index (χ3n) is 2.31. The fourth-order valence-electron chi connectivity index (χ4n) is 1.57. The largest absolute Gasteiger partial charge is 0.487 e. The van der Waals surface area contributed by atoms with Crippen LogP contribution >= 0.6 is 0 Å². The molecular formula is C12H12F2N2O. The van der Waals surface area contributed by atoms with Crippen LogP contribution < -0.4 is 10.5 Å². The van der Waals surface area contributed by atoms with Gasteiger partial charge in [0.25, 0.3) is 6.43 Å². The Morgan fingerprint density at radius 2 is 2.06 bits per heavy atom. The number of hydrogen-bond donors (Lipinski definition) is 1. The number of benzene rings is 1. The first-order valence-electron chi connectivity index (χ1n) is 5.20. The predicted molar refractivity (Wildman–Crippen MR) is 61.1 cm³/mol. The number of hydrogen-bond acceptors (Lipinski definition) is 3. The van der Waals surface area contributed by atoms with Crippen molar-refractivity contribution in [1.82, 2.24) is 4.98 Å². The molecule has 0 fully saturated rings. The van der Waals surface area contributed by atoms with Gasteiger partial charge in [-0.05, 0) is 12.1 Å². The second-order valence-electron chi connectivity index (χ2n) is 3.54. The highest BCUT2D eigenvalue weighted by atomic mass is 19.3. The third-order valence-corrected chi connectivity index (χ3v) is 2.31. The monoisotopic (exact) mass is 238 g/mol. The molecule has 1 aromatic carbocycles. The third kappa shape index (κ3) is 2.68. The molecule has 1 aromatic heterocycles. The molecule has 0 spiro atoms. The fourth-order valence-corrected chi connectivity index (χ4v) is 1.57. The molecule has 0 atom stereocenters. The quantitative estimate of drug-likeness (QED) is 0.889. The van der Waals surface area contributed by atoms with Gasteiger partial charge in [0.15, 0.2) is 0 Å². The summed E-state index contributed by atoms with van der Waals surface area (Å²) in [6, 6.07) is 8.81. The number of aromatic nitrogens is 1. The van der Waals surface area contributed by atoms with E-state index >= 15 is 0 Å². The second-order valence-corrected chi connectivity index (χ2v) is 3.54. The number of fused-ring (bicyclic) bond motifs is 1. The zero-order valence-corrected chi connectivity index (χ0v) is 9.07. The van der Waals surface area contributed by atoms with Crippen LogP contribution in [0.2, 0.25) is 0 Å². The fraction of sp³-hybridized carbons (Fsp3) is 0.250. The summed E-state index contributed by atoms with van der Waals surface area (Å²) in [7, 11) is 0. The Hall–Kier alpha value is -1.75. The Morgan fingerprint density at radius 3 is 2.76 bits per heavy atom. The van der Waals surface area contributed by atoms with Crippen LogP contribution in [0.25, 0.3) is 10.9 Å². The van der Waals surface area contributed by atoms with Crippen molar-refractivity contribution in [3.05, 3.63) is 36.0 Å². The molecule has 2 N–H and O–H groups in total. The molecule has 0 saturated carbocycles. The highest BCUT2D eigenvalue weighted by Gasteiger charge is 2.09. The first-order chi connectivity index (χ1) is 8.20. The molecule has 0 bridgehead atoms. The average molecular weight is 238 g/mol. The molecule has 0 saturated heterocycles. The molecule has 0 aliphatic heterocycles. The van der Waals surface area contributed by atoms with Gasteiger partial charge in [-0.3, -0.25) is 4.98 Å². The van der Waals surface area contributed by atoms with Gasteiger partial charge in [-0.1, -0.05) is 12.1 Å². The summed E-state index contributed by atoms with van der Waals surface area (Å²) in [4.78, 5) is 4.29. The molecule has 0 unspecified atom stereocenters. The van der Waals surface area contributed by atoms with E-state index in [-0.39, 0.29) is 6.54 Å². The van der Waals surface area contributed by atoms with Gasteiger partial charge in [-0.2, -0.15) is 0 Å². The summed E-state index contributed by atoms with van der Waals surface area (Å²) in [6.45, 7) is -0.381. The van der Waals surface area contributed by atoms with E-state index in [1.807, 2.05) is 6.07 Å². The van der Waals surface area contributed by atoms with E-state index in [0.717, 1.165) is 0 Å². The van der Waals surface area contributed by atoms with Crippen molar-refractivity contribution in [3.8, 4) is 5.75 Å². The van der Waals surface area contributed by atoms with Gasteiger partial charge in [-0.15, -0.1) is 0 Å². The topological polar surface area (TPSA) is 48.1 Å². The predicted octanol–water partition coefficient (Wildman–Crippen LogP) is 2.34. The van der Waals surface area contributed by atoms with Crippen molar-refractivity contribution in [3.63, 3.8) is 0 Å². The van der Waals surface area contributed by atoms with Crippen LogP contribution in [0.15, 0.2) is 30.3 Å². The van der Waals surface area contributed by atoms with Gasteiger partial charge in [-0.25, -0.2) is 8.78 Å². The number of nitrogens with two attached hydrogens (primary N) is 1. The van der Waals surface area contributed by atoms with Gasteiger partial charge in [0.2, 0.25) is 0 Å². The molecule has 1 heterocycles. The average Bonchev–Trinajstić information content (AvgIpc) is 2.35. The smallest absolute Gasteiger partial charge is 0.272 e. The van der Waals surface area contributed by atoms with Crippen LogP contribution in [0, 0.1) is 0 Å². The summed E-state index contributed by atoms with van der Waals surface area (Å²) in [5.74, 6) is 0.399. The first-order valence-corrected chi connectivity index (χ1v) is 5.20. The van der Waals surface area contributed by atoms with Crippen LogP contribution in [0.4, 0.5) is 8.78 Å². The lowest BCUT2D eigenvalue weighted by Crippen LogP contribution is -2.08. The van der Waals surface area contributed by atoms with E-state index in [1.165, 1.54) is 0 Å². The summed E-state index contributed by atoms with van der Waals surface area (Å²) < 4.78 is 29.4. The summed E-state index contributed by atoms with van der Waals surface area (Å²) in [5.41, 5.74) is 6.81. The molecule has 3 nitrogen and oxygen atoms in total. The maximum atomic E-state index is 12.1. The molecular weight excluding hydrogens is 226 g/mol. The van der Waals surface area contributed by atoms with Crippen molar-refractivity contribution in [2.45, 2.75) is 13.0 Å². The Kier molecular flexibility index (Phi) is 3.49. The summed E-state index contributed by atoms with van der Waals surface area (Å²) in [6.07, 6.45) is -2.50. The molecule has 0 aliphatic carbocycles. The lowest BCUT2D eigenvalue weighted by atomic mass is 10.2. The molecule has 0 aliphatic rings. The Bertz CT molecular complexity index is 517. The number of pyridine rings is 1. The summed E-state index contributed by atoms with van der Waals surface area (Å²) in [5, 5.41) is 0.713. The molecule has 0 radical (unpaired) electrons. The molecule has 2 rings (SSSR count). The lowest BCUT2D eigenvalue weighted by molar-refractivity contribution is 0.0826.